The second-order valence-corrected chi connectivity index (χ2v) is 9.04. The fourth-order valence-electron chi connectivity index (χ4n) is 4.28. The summed E-state index contributed by atoms with van der Waals surface area (Å²) < 4.78 is 3.25. The lowest BCUT2D eigenvalue weighted by Crippen LogP contribution is -2.31. The Labute approximate surface area is 205 Å². The van der Waals surface area contributed by atoms with Gasteiger partial charge in [-0.05, 0) is 47.0 Å². The summed E-state index contributed by atoms with van der Waals surface area (Å²) >= 11 is 12.4. The molecule has 6 nitrogen and oxygen atoms in total. The standard InChI is InChI=1S/C26H20Cl2N4O2/c1-31-15-29-14-23(31)26(34,17-6-8-19(27)9-7-17)18-11-22-21(16-4-3-5-20(28)10-16)12-24(33)32(2)25(22)30-13-18/h3-15,34H,1-2H3/t26-/m1/s1. The summed E-state index contributed by atoms with van der Waals surface area (Å²) in [6.45, 7) is 0. The van der Waals surface area contributed by atoms with Gasteiger partial charge in [0.2, 0.25) is 0 Å². The lowest BCUT2D eigenvalue weighted by molar-refractivity contribution is 0.117. The average Bonchev–Trinajstić information content (AvgIpc) is 3.27. The van der Waals surface area contributed by atoms with Crippen LogP contribution in [0.3, 0.4) is 0 Å². The average molecular weight is 491 g/mol. The van der Waals surface area contributed by atoms with E-state index in [1.165, 1.54) is 4.57 Å². The molecule has 0 spiro atoms. The van der Waals surface area contributed by atoms with E-state index in [0.717, 1.165) is 5.56 Å². The van der Waals surface area contributed by atoms with Crippen LogP contribution in [-0.2, 0) is 19.7 Å². The largest absolute Gasteiger partial charge is 0.374 e. The number of fused-ring (bicyclic) bond motifs is 1. The van der Waals surface area contributed by atoms with E-state index in [9.17, 15) is 9.90 Å². The molecule has 8 heteroatoms. The van der Waals surface area contributed by atoms with E-state index in [0.29, 0.717) is 43.5 Å². The highest BCUT2D eigenvalue weighted by Crippen LogP contribution is 2.39. The van der Waals surface area contributed by atoms with E-state index in [1.54, 1.807) is 72.8 Å². The van der Waals surface area contributed by atoms with Gasteiger partial charge in [-0.15, -0.1) is 0 Å². The maximum atomic E-state index is 12.7. The van der Waals surface area contributed by atoms with Gasteiger partial charge >= 0.3 is 0 Å². The van der Waals surface area contributed by atoms with Gasteiger partial charge in [-0.2, -0.15) is 0 Å². The minimum atomic E-state index is -1.57. The molecule has 0 saturated carbocycles. The molecule has 1 atom stereocenters. The number of rotatable bonds is 4. The molecule has 5 rings (SSSR count). The van der Waals surface area contributed by atoms with E-state index >= 15 is 0 Å². The first-order chi connectivity index (χ1) is 16.3. The predicted octanol–water partition coefficient (Wildman–Crippen LogP) is 4.93. The molecule has 0 aliphatic rings. The molecule has 0 fully saturated rings. The van der Waals surface area contributed by atoms with Gasteiger partial charge in [-0.3, -0.25) is 9.36 Å². The minimum absolute atomic E-state index is 0.192. The van der Waals surface area contributed by atoms with Crippen molar-refractivity contribution in [3.8, 4) is 11.1 Å². The number of imidazole rings is 1. The zero-order chi connectivity index (χ0) is 24.0. The Morgan fingerprint density at radius 3 is 2.35 bits per heavy atom. The molecule has 0 bridgehead atoms. The summed E-state index contributed by atoms with van der Waals surface area (Å²) in [7, 11) is 3.49. The number of aliphatic hydroxyl groups is 1. The van der Waals surface area contributed by atoms with Crippen LogP contribution in [-0.4, -0.2) is 24.2 Å². The number of pyridine rings is 2. The van der Waals surface area contributed by atoms with E-state index in [2.05, 4.69) is 9.97 Å². The van der Waals surface area contributed by atoms with Gasteiger partial charge in [0.15, 0.2) is 5.60 Å². The van der Waals surface area contributed by atoms with Crippen LogP contribution in [0.4, 0.5) is 0 Å². The van der Waals surface area contributed by atoms with Crippen LogP contribution in [0.5, 0.6) is 0 Å². The fraction of sp³-hybridized carbons (Fsp3) is 0.115. The first-order valence-corrected chi connectivity index (χ1v) is 11.3. The summed E-state index contributed by atoms with van der Waals surface area (Å²) in [6, 6.07) is 17.7. The van der Waals surface area contributed by atoms with Crippen LogP contribution in [0.1, 0.15) is 16.8 Å². The third kappa shape index (κ3) is 3.60. The Bertz CT molecular complexity index is 1590. The van der Waals surface area contributed by atoms with Crippen molar-refractivity contribution in [1.82, 2.24) is 19.1 Å². The van der Waals surface area contributed by atoms with Crippen LogP contribution in [0.25, 0.3) is 22.2 Å². The molecule has 34 heavy (non-hydrogen) atoms. The third-order valence-corrected chi connectivity index (χ3v) is 6.56. The van der Waals surface area contributed by atoms with E-state index in [4.69, 9.17) is 23.2 Å². The van der Waals surface area contributed by atoms with Crippen molar-refractivity contribution in [2.75, 3.05) is 0 Å². The van der Waals surface area contributed by atoms with Crippen molar-refractivity contribution in [2.24, 2.45) is 14.1 Å². The van der Waals surface area contributed by atoms with Crippen LogP contribution >= 0.6 is 23.2 Å². The molecule has 3 aromatic heterocycles. The van der Waals surface area contributed by atoms with Gasteiger partial charge in [0.1, 0.15) is 5.65 Å². The number of nitrogens with zero attached hydrogens (tertiary/aromatic N) is 4. The lowest BCUT2D eigenvalue weighted by Gasteiger charge is -2.30. The molecule has 5 aromatic rings. The van der Waals surface area contributed by atoms with Gasteiger partial charge < -0.3 is 9.67 Å². The highest BCUT2D eigenvalue weighted by atomic mass is 35.5. The zero-order valence-corrected chi connectivity index (χ0v) is 19.9. The summed E-state index contributed by atoms with van der Waals surface area (Å²) in [5.41, 5.74) is 1.88. The topological polar surface area (TPSA) is 72.9 Å². The van der Waals surface area contributed by atoms with Crippen LogP contribution in [0, 0.1) is 0 Å². The first kappa shape index (κ1) is 22.3. The van der Waals surface area contributed by atoms with Crippen molar-refractivity contribution < 1.29 is 5.11 Å². The van der Waals surface area contributed by atoms with Crippen molar-refractivity contribution in [2.45, 2.75) is 5.60 Å². The molecular weight excluding hydrogens is 471 g/mol. The molecular formula is C26H20Cl2N4O2. The van der Waals surface area contributed by atoms with Crippen molar-refractivity contribution in [3.63, 3.8) is 0 Å². The molecule has 0 radical (unpaired) electrons. The van der Waals surface area contributed by atoms with Crippen LogP contribution < -0.4 is 5.56 Å². The Balaban J connectivity index is 1.84. The number of benzene rings is 2. The molecule has 0 amide bonds. The highest BCUT2D eigenvalue weighted by molar-refractivity contribution is 6.31. The Kier molecular flexibility index (Phi) is 5.52. The second-order valence-electron chi connectivity index (χ2n) is 8.17. The Morgan fingerprint density at radius 2 is 1.68 bits per heavy atom. The number of halogens is 2. The third-order valence-electron chi connectivity index (χ3n) is 6.08. The summed E-state index contributed by atoms with van der Waals surface area (Å²) in [6.07, 6.45) is 4.84. The van der Waals surface area contributed by atoms with Crippen LogP contribution in [0.2, 0.25) is 10.0 Å². The quantitative estimate of drug-likeness (QED) is 0.387. The molecule has 2 aromatic carbocycles. The van der Waals surface area contributed by atoms with Gasteiger partial charge in [0.25, 0.3) is 5.56 Å². The minimum Gasteiger partial charge on any atom is -0.374 e. The molecule has 170 valence electrons. The zero-order valence-electron chi connectivity index (χ0n) is 18.4. The van der Waals surface area contributed by atoms with Gasteiger partial charge in [0.05, 0.1) is 18.2 Å². The van der Waals surface area contributed by atoms with E-state index < -0.39 is 5.60 Å². The molecule has 3 heterocycles. The maximum absolute atomic E-state index is 12.7. The SMILES string of the molecule is Cn1cncc1[C@@](O)(c1ccc(Cl)cc1)c1cnc2c(c1)c(-c1cccc(Cl)c1)cc(=O)n2C. The number of aryl methyl sites for hydroxylation is 2. The van der Waals surface area contributed by atoms with Crippen molar-refractivity contribution >= 4 is 34.2 Å². The first-order valence-electron chi connectivity index (χ1n) is 10.5. The molecule has 1 N–H and O–H groups in total. The van der Waals surface area contributed by atoms with Gasteiger partial charge in [0, 0.05) is 47.4 Å². The molecule has 0 aliphatic heterocycles. The van der Waals surface area contributed by atoms with Gasteiger partial charge in [-0.1, -0.05) is 47.5 Å². The van der Waals surface area contributed by atoms with E-state index in [-0.39, 0.29) is 5.56 Å². The number of hydrogen-bond donors (Lipinski definition) is 1. The van der Waals surface area contributed by atoms with Crippen molar-refractivity contribution in [1.29, 1.82) is 0 Å². The Hall–Kier alpha value is -3.45. The number of aromatic nitrogens is 4. The van der Waals surface area contributed by atoms with Crippen LogP contribution in [0.15, 0.2) is 84.2 Å². The molecule has 0 saturated heterocycles. The maximum Gasteiger partial charge on any atom is 0.252 e. The second kappa shape index (κ2) is 8.40. The Morgan fingerprint density at radius 1 is 0.912 bits per heavy atom. The summed E-state index contributed by atoms with van der Waals surface area (Å²) in [5.74, 6) is 0. The lowest BCUT2D eigenvalue weighted by atomic mass is 9.83. The molecule has 0 unspecified atom stereocenters. The summed E-state index contributed by atoms with van der Waals surface area (Å²) in [4.78, 5) is 21.5. The number of hydrogen-bond acceptors (Lipinski definition) is 4. The van der Waals surface area contributed by atoms with Crippen molar-refractivity contribution in [3.05, 3.63) is 117 Å². The van der Waals surface area contributed by atoms with E-state index in [1.807, 2.05) is 25.2 Å². The monoisotopic (exact) mass is 490 g/mol. The molecule has 0 aliphatic carbocycles. The van der Waals surface area contributed by atoms with Gasteiger partial charge in [-0.25, -0.2) is 9.97 Å². The normalized spacial score (nSPS) is 13.2. The highest BCUT2D eigenvalue weighted by Gasteiger charge is 2.37. The fourth-order valence-corrected chi connectivity index (χ4v) is 4.59. The summed E-state index contributed by atoms with van der Waals surface area (Å²) in [5, 5.41) is 14.1. The smallest absolute Gasteiger partial charge is 0.252 e. The predicted molar refractivity (Wildman–Crippen MR) is 134 cm³/mol.